The van der Waals surface area contributed by atoms with Crippen molar-refractivity contribution in [3.05, 3.63) is 30.1 Å². The summed E-state index contributed by atoms with van der Waals surface area (Å²) in [6.45, 7) is 0.853. The highest BCUT2D eigenvalue weighted by Gasteiger charge is 2.19. The summed E-state index contributed by atoms with van der Waals surface area (Å²) in [7, 11) is 0. The first-order chi connectivity index (χ1) is 8.75. The summed E-state index contributed by atoms with van der Waals surface area (Å²) in [4.78, 5) is 15.6. The number of hydrogen-bond acceptors (Lipinski definition) is 3. The second-order valence-corrected chi connectivity index (χ2v) is 5.92. The van der Waals surface area contributed by atoms with E-state index in [2.05, 4.69) is 4.98 Å². The zero-order chi connectivity index (χ0) is 12.5. The van der Waals surface area contributed by atoms with Crippen LogP contribution in [0.2, 0.25) is 0 Å². The second-order valence-electron chi connectivity index (χ2n) is 4.51. The molecule has 1 aliphatic rings. The molecular weight excluding hydrogens is 248 g/mol. The molecule has 0 radical (unpaired) electrons. The molecule has 1 aliphatic heterocycles. The van der Waals surface area contributed by atoms with Crippen LogP contribution in [0.3, 0.4) is 0 Å². The smallest absolute Gasteiger partial charge is 0.337 e. The number of thioether (sulfide) groups is 1. The molecule has 0 spiro atoms. The summed E-state index contributed by atoms with van der Waals surface area (Å²) in [5.41, 5.74) is 1.85. The lowest BCUT2D eigenvalue weighted by molar-refractivity contribution is 0.0698. The molecule has 2 aromatic rings. The van der Waals surface area contributed by atoms with Crippen LogP contribution >= 0.6 is 11.8 Å². The summed E-state index contributed by atoms with van der Waals surface area (Å²) in [6, 6.07) is 5.25. The van der Waals surface area contributed by atoms with E-state index in [0.29, 0.717) is 10.8 Å². The van der Waals surface area contributed by atoms with Gasteiger partial charge >= 0.3 is 5.97 Å². The van der Waals surface area contributed by atoms with Crippen molar-refractivity contribution < 1.29 is 9.90 Å². The molecule has 0 amide bonds. The predicted octanol–water partition coefficient (Wildman–Crippen LogP) is 2.63. The highest BCUT2D eigenvalue weighted by atomic mass is 32.2. The lowest BCUT2D eigenvalue weighted by Gasteiger charge is -2.11. The van der Waals surface area contributed by atoms with Gasteiger partial charge in [-0.2, -0.15) is 11.8 Å². The highest BCUT2D eigenvalue weighted by Crippen LogP contribution is 2.29. The van der Waals surface area contributed by atoms with Crippen molar-refractivity contribution in [1.82, 2.24) is 9.55 Å². The van der Waals surface area contributed by atoms with Crippen molar-refractivity contribution >= 4 is 28.8 Å². The number of aromatic carboxylic acids is 1. The topological polar surface area (TPSA) is 55.1 Å². The number of benzene rings is 1. The van der Waals surface area contributed by atoms with E-state index in [1.165, 1.54) is 18.6 Å². The van der Waals surface area contributed by atoms with Crippen LogP contribution < -0.4 is 0 Å². The Bertz CT molecular complexity index is 588. The molecule has 18 heavy (non-hydrogen) atoms. The van der Waals surface area contributed by atoms with E-state index in [0.717, 1.165) is 17.6 Å². The number of carboxylic acids is 1. The first kappa shape index (κ1) is 11.6. The van der Waals surface area contributed by atoms with Gasteiger partial charge in [0.15, 0.2) is 0 Å². The van der Waals surface area contributed by atoms with Gasteiger partial charge in [-0.25, -0.2) is 9.78 Å². The predicted molar refractivity (Wildman–Crippen MR) is 72.2 cm³/mol. The standard InChI is InChI=1S/C13H14N2O2S/c16-13(17)10-4-1-5-11-12(10)15(8-14-11)7-9-3-2-6-18-9/h1,4-5,8-9H,2-3,6-7H2,(H,16,17). The number of rotatable bonds is 3. The first-order valence-corrected chi connectivity index (χ1v) is 7.09. The van der Waals surface area contributed by atoms with Crippen molar-refractivity contribution in [2.24, 2.45) is 0 Å². The van der Waals surface area contributed by atoms with Crippen molar-refractivity contribution in [2.75, 3.05) is 5.75 Å². The normalized spacial score (nSPS) is 19.4. The maximum atomic E-state index is 11.3. The fraction of sp³-hybridized carbons (Fsp3) is 0.385. The molecule has 0 aliphatic carbocycles. The molecule has 1 fully saturated rings. The van der Waals surface area contributed by atoms with E-state index in [1.54, 1.807) is 18.5 Å². The number of para-hydroxylation sites is 1. The van der Waals surface area contributed by atoms with E-state index in [1.807, 2.05) is 22.4 Å². The Hall–Kier alpha value is -1.49. The second kappa shape index (κ2) is 4.65. The van der Waals surface area contributed by atoms with E-state index in [4.69, 9.17) is 0 Å². The van der Waals surface area contributed by atoms with Crippen LogP contribution in [0.5, 0.6) is 0 Å². The summed E-state index contributed by atoms with van der Waals surface area (Å²) in [6.07, 6.45) is 4.23. The van der Waals surface area contributed by atoms with E-state index >= 15 is 0 Å². The van der Waals surface area contributed by atoms with E-state index in [9.17, 15) is 9.90 Å². The number of aromatic nitrogens is 2. The summed E-state index contributed by atoms with van der Waals surface area (Å²) in [5, 5.41) is 9.83. The number of imidazole rings is 1. The molecule has 5 heteroatoms. The van der Waals surface area contributed by atoms with Gasteiger partial charge in [0, 0.05) is 11.8 Å². The third-order valence-electron chi connectivity index (χ3n) is 3.29. The minimum atomic E-state index is -0.888. The summed E-state index contributed by atoms with van der Waals surface area (Å²) < 4.78 is 1.99. The average molecular weight is 262 g/mol. The highest BCUT2D eigenvalue weighted by molar-refractivity contribution is 8.00. The van der Waals surface area contributed by atoms with Gasteiger partial charge in [0.25, 0.3) is 0 Å². The van der Waals surface area contributed by atoms with Gasteiger partial charge in [-0.15, -0.1) is 0 Å². The minimum Gasteiger partial charge on any atom is -0.478 e. The molecule has 0 bridgehead atoms. The maximum absolute atomic E-state index is 11.3. The molecule has 1 N–H and O–H groups in total. The van der Waals surface area contributed by atoms with Crippen LogP contribution in [-0.2, 0) is 6.54 Å². The third-order valence-corrected chi connectivity index (χ3v) is 4.67. The zero-order valence-electron chi connectivity index (χ0n) is 9.87. The molecule has 0 saturated carbocycles. The van der Waals surface area contributed by atoms with Gasteiger partial charge in [0.05, 0.1) is 22.9 Å². The Morgan fingerprint density at radius 2 is 2.44 bits per heavy atom. The van der Waals surface area contributed by atoms with E-state index in [-0.39, 0.29) is 0 Å². The summed E-state index contributed by atoms with van der Waals surface area (Å²) in [5.74, 6) is 0.324. The molecule has 3 rings (SSSR count). The van der Waals surface area contributed by atoms with Gasteiger partial charge < -0.3 is 9.67 Å². The zero-order valence-corrected chi connectivity index (χ0v) is 10.7. The SMILES string of the molecule is O=C(O)c1cccc2ncn(CC3CCCS3)c12. The van der Waals surface area contributed by atoms with Crippen molar-refractivity contribution in [3.63, 3.8) is 0 Å². The van der Waals surface area contributed by atoms with Crippen LogP contribution in [0.25, 0.3) is 11.0 Å². The van der Waals surface area contributed by atoms with Gasteiger partial charge in [0.1, 0.15) is 0 Å². The molecule has 1 atom stereocenters. The molecule has 1 aromatic heterocycles. The first-order valence-electron chi connectivity index (χ1n) is 6.04. The van der Waals surface area contributed by atoms with Crippen molar-refractivity contribution in [3.8, 4) is 0 Å². The van der Waals surface area contributed by atoms with Gasteiger partial charge in [0.2, 0.25) is 0 Å². The quantitative estimate of drug-likeness (QED) is 0.924. The van der Waals surface area contributed by atoms with Gasteiger partial charge in [-0.05, 0) is 30.7 Å². The summed E-state index contributed by atoms with van der Waals surface area (Å²) >= 11 is 1.97. The largest absolute Gasteiger partial charge is 0.478 e. The molecule has 1 unspecified atom stereocenters. The third kappa shape index (κ3) is 1.99. The fourth-order valence-corrected chi connectivity index (χ4v) is 3.71. The Balaban J connectivity index is 2.03. The van der Waals surface area contributed by atoms with Crippen molar-refractivity contribution in [1.29, 1.82) is 0 Å². The average Bonchev–Trinajstić information content (AvgIpc) is 2.99. The van der Waals surface area contributed by atoms with Gasteiger partial charge in [-0.3, -0.25) is 0 Å². The van der Waals surface area contributed by atoms with Crippen LogP contribution in [0, 0.1) is 0 Å². The van der Waals surface area contributed by atoms with Gasteiger partial charge in [-0.1, -0.05) is 6.07 Å². The van der Waals surface area contributed by atoms with Crippen LogP contribution in [0.1, 0.15) is 23.2 Å². The lowest BCUT2D eigenvalue weighted by atomic mass is 10.2. The fourth-order valence-electron chi connectivity index (χ4n) is 2.45. The Labute approximate surface area is 109 Å². The Morgan fingerprint density at radius 1 is 1.56 bits per heavy atom. The minimum absolute atomic E-state index is 0.341. The molecule has 94 valence electrons. The molecule has 1 aromatic carbocycles. The Morgan fingerprint density at radius 3 is 3.17 bits per heavy atom. The molecule has 2 heterocycles. The maximum Gasteiger partial charge on any atom is 0.337 e. The lowest BCUT2D eigenvalue weighted by Crippen LogP contribution is -2.10. The molecular formula is C13H14N2O2S. The number of nitrogens with zero attached hydrogens (tertiary/aromatic N) is 2. The number of hydrogen-bond donors (Lipinski definition) is 1. The monoisotopic (exact) mass is 262 g/mol. The number of carboxylic acid groups (broad SMARTS) is 1. The number of fused-ring (bicyclic) bond motifs is 1. The van der Waals surface area contributed by atoms with Crippen molar-refractivity contribution in [2.45, 2.75) is 24.6 Å². The number of carbonyl (C=O) groups is 1. The van der Waals surface area contributed by atoms with Crippen LogP contribution in [0.4, 0.5) is 0 Å². The van der Waals surface area contributed by atoms with Crippen LogP contribution in [0.15, 0.2) is 24.5 Å². The van der Waals surface area contributed by atoms with Crippen LogP contribution in [-0.4, -0.2) is 31.6 Å². The Kier molecular flexibility index (Phi) is 2.99. The molecule has 1 saturated heterocycles. The van der Waals surface area contributed by atoms with E-state index < -0.39 is 5.97 Å². The molecule has 4 nitrogen and oxygen atoms in total.